The molecule has 0 aromatic carbocycles. The molecule has 0 aliphatic heterocycles. The zero-order valence-electron chi connectivity index (χ0n) is 13.5. The molecule has 7 heteroatoms. The Bertz CT molecular complexity index is 271. The molecule has 0 heterocycles. The number of hydrogen-bond acceptors (Lipinski definition) is 5. The minimum atomic E-state index is -0.496. The van der Waals surface area contributed by atoms with Crippen LogP contribution in [-0.2, 0) is 18.9 Å². The van der Waals surface area contributed by atoms with Gasteiger partial charge in [0, 0.05) is 13.6 Å². The molecular weight excluding hydrogens is 281 g/mol. The fraction of sp³-hybridized carbons (Fsp3) is 0.929. The Morgan fingerprint density at radius 3 is 1.90 bits per heavy atom. The van der Waals surface area contributed by atoms with Crippen molar-refractivity contribution in [3.63, 3.8) is 0 Å². The highest BCUT2D eigenvalue weighted by atomic mass is 19.1. The molecule has 0 rings (SSSR count). The van der Waals surface area contributed by atoms with E-state index in [9.17, 15) is 9.18 Å². The van der Waals surface area contributed by atoms with Crippen molar-refractivity contribution >= 4 is 6.09 Å². The van der Waals surface area contributed by atoms with E-state index in [1.165, 1.54) is 4.90 Å². The first kappa shape index (κ1) is 20.1. The number of halogens is 1. The summed E-state index contributed by atoms with van der Waals surface area (Å²) in [6.07, 6.45) is -0.368. The lowest BCUT2D eigenvalue weighted by Crippen LogP contribution is -2.36. The van der Waals surface area contributed by atoms with Gasteiger partial charge in [-0.1, -0.05) is 0 Å². The van der Waals surface area contributed by atoms with Crippen LogP contribution in [0.3, 0.4) is 0 Å². The molecule has 0 radical (unpaired) electrons. The standard InChI is InChI=1S/C14H28FNO5/c1-14(2,3)21-13(17)16(4)6-8-19-10-12-20-11-9-18-7-5-15/h5-12H2,1-4H3. The molecule has 21 heavy (non-hydrogen) atoms. The summed E-state index contributed by atoms with van der Waals surface area (Å²) in [6.45, 7) is 7.64. The molecule has 1 amide bonds. The number of likely N-dealkylation sites (N-methyl/N-ethyl adjacent to an activating group) is 1. The summed E-state index contributed by atoms with van der Waals surface area (Å²) in [6, 6.07) is 0. The molecule has 0 aliphatic carbocycles. The zero-order valence-corrected chi connectivity index (χ0v) is 13.5. The van der Waals surface area contributed by atoms with Gasteiger partial charge >= 0.3 is 6.09 Å². The van der Waals surface area contributed by atoms with Gasteiger partial charge in [0.15, 0.2) is 0 Å². The predicted molar refractivity (Wildman–Crippen MR) is 77.3 cm³/mol. The largest absolute Gasteiger partial charge is 0.444 e. The second-order valence-electron chi connectivity index (χ2n) is 5.43. The second-order valence-corrected chi connectivity index (χ2v) is 5.43. The smallest absolute Gasteiger partial charge is 0.410 e. The number of nitrogens with zero attached hydrogens (tertiary/aromatic N) is 1. The minimum absolute atomic E-state index is 0.108. The molecule has 0 N–H and O–H groups in total. The summed E-state index contributed by atoms with van der Waals surface area (Å²) in [5.74, 6) is 0. The topological polar surface area (TPSA) is 57.2 Å². The Labute approximate surface area is 126 Å². The van der Waals surface area contributed by atoms with Crippen LogP contribution in [-0.4, -0.2) is 76.5 Å². The van der Waals surface area contributed by atoms with Crippen molar-refractivity contribution in [2.75, 3.05) is 59.9 Å². The molecule has 0 unspecified atom stereocenters. The van der Waals surface area contributed by atoms with E-state index in [1.54, 1.807) is 7.05 Å². The summed E-state index contributed by atoms with van der Waals surface area (Å²) in [5.41, 5.74) is -0.496. The molecule has 0 aromatic heterocycles. The number of alkyl halides is 1. The Kier molecular flexibility index (Phi) is 11.2. The Balaban J connectivity index is 3.40. The molecular formula is C14H28FNO5. The average Bonchev–Trinajstić information content (AvgIpc) is 2.38. The fourth-order valence-electron chi connectivity index (χ4n) is 1.23. The molecule has 0 bridgehead atoms. The first-order chi connectivity index (χ1) is 9.87. The lowest BCUT2D eigenvalue weighted by molar-refractivity contribution is 0.00363. The van der Waals surface area contributed by atoms with Crippen molar-refractivity contribution in [2.45, 2.75) is 26.4 Å². The van der Waals surface area contributed by atoms with Crippen LogP contribution in [0.15, 0.2) is 0 Å². The monoisotopic (exact) mass is 309 g/mol. The summed E-state index contributed by atoms with van der Waals surface area (Å²) < 4.78 is 32.4. The van der Waals surface area contributed by atoms with Crippen LogP contribution >= 0.6 is 0 Å². The molecule has 0 atom stereocenters. The highest BCUT2D eigenvalue weighted by Gasteiger charge is 2.19. The number of hydrogen-bond donors (Lipinski definition) is 0. The summed E-state index contributed by atoms with van der Waals surface area (Å²) in [5, 5.41) is 0. The van der Waals surface area contributed by atoms with Crippen molar-refractivity contribution in [3.05, 3.63) is 0 Å². The maximum Gasteiger partial charge on any atom is 0.410 e. The third-order valence-corrected chi connectivity index (χ3v) is 2.24. The molecule has 0 aliphatic rings. The van der Waals surface area contributed by atoms with Crippen molar-refractivity contribution in [1.29, 1.82) is 0 Å². The quantitative estimate of drug-likeness (QED) is 0.545. The Morgan fingerprint density at radius 2 is 1.43 bits per heavy atom. The highest BCUT2D eigenvalue weighted by molar-refractivity contribution is 5.67. The number of ether oxygens (including phenoxy) is 4. The first-order valence-electron chi connectivity index (χ1n) is 7.10. The zero-order chi connectivity index (χ0) is 16.1. The van der Waals surface area contributed by atoms with E-state index in [1.807, 2.05) is 20.8 Å². The number of carbonyl (C=O) groups excluding carboxylic acids is 1. The van der Waals surface area contributed by atoms with Gasteiger partial charge in [0.1, 0.15) is 12.3 Å². The predicted octanol–water partition coefficient (Wildman–Crippen LogP) is 1.87. The number of carbonyl (C=O) groups is 1. The van der Waals surface area contributed by atoms with E-state index in [4.69, 9.17) is 18.9 Å². The maximum absolute atomic E-state index is 11.7. The summed E-state index contributed by atoms with van der Waals surface area (Å²) >= 11 is 0. The van der Waals surface area contributed by atoms with Gasteiger partial charge in [-0.05, 0) is 20.8 Å². The molecule has 6 nitrogen and oxygen atoms in total. The highest BCUT2D eigenvalue weighted by Crippen LogP contribution is 2.08. The van der Waals surface area contributed by atoms with Crippen LogP contribution in [0, 0.1) is 0 Å². The normalized spacial score (nSPS) is 11.5. The maximum atomic E-state index is 11.7. The SMILES string of the molecule is CN(CCOCCOCCOCCF)C(=O)OC(C)(C)C. The van der Waals surface area contributed by atoms with Gasteiger partial charge in [0.05, 0.1) is 39.6 Å². The van der Waals surface area contributed by atoms with E-state index in [-0.39, 0.29) is 12.7 Å². The van der Waals surface area contributed by atoms with Gasteiger partial charge in [-0.3, -0.25) is 0 Å². The van der Waals surface area contributed by atoms with Crippen LogP contribution in [0.25, 0.3) is 0 Å². The lowest BCUT2D eigenvalue weighted by Gasteiger charge is -2.24. The van der Waals surface area contributed by atoms with Gasteiger partial charge in [-0.2, -0.15) is 0 Å². The van der Waals surface area contributed by atoms with Gasteiger partial charge < -0.3 is 23.8 Å². The van der Waals surface area contributed by atoms with E-state index in [2.05, 4.69) is 0 Å². The third-order valence-electron chi connectivity index (χ3n) is 2.24. The number of amides is 1. The Morgan fingerprint density at radius 1 is 0.952 bits per heavy atom. The number of rotatable bonds is 11. The fourth-order valence-corrected chi connectivity index (χ4v) is 1.23. The first-order valence-corrected chi connectivity index (χ1v) is 7.10. The van der Waals surface area contributed by atoms with Crippen molar-refractivity contribution in [2.24, 2.45) is 0 Å². The van der Waals surface area contributed by atoms with E-state index in [0.29, 0.717) is 39.6 Å². The van der Waals surface area contributed by atoms with Crippen LogP contribution in [0.1, 0.15) is 20.8 Å². The second kappa shape index (κ2) is 11.7. The lowest BCUT2D eigenvalue weighted by atomic mass is 10.2. The van der Waals surface area contributed by atoms with Gasteiger partial charge in [0.2, 0.25) is 0 Å². The van der Waals surface area contributed by atoms with Crippen LogP contribution in [0.4, 0.5) is 9.18 Å². The molecule has 0 fully saturated rings. The van der Waals surface area contributed by atoms with Crippen LogP contribution in [0.5, 0.6) is 0 Å². The van der Waals surface area contributed by atoms with Crippen molar-refractivity contribution < 1.29 is 28.1 Å². The van der Waals surface area contributed by atoms with E-state index in [0.717, 1.165) is 0 Å². The van der Waals surface area contributed by atoms with Gasteiger partial charge in [-0.15, -0.1) is 0 Å². The molecule has 0 spiro atoms. The molecule has 0 aromatic rings. The van der Waals surface area contributed by atoms with E-state index >= 15 is 0 Å². The third kappa shape index (κ3) is 13.8. The van der Waals surface area contributed by atoms with E-state index < -0.39 is 12.3 Å². The summed E-state index contributed by atoms with van der Waals surface area (Å²) in [7, 11) is 1.66. The molecule has 0 saturated carbocycles. The summed E-state index contributed by atoms with van der Waals surface area (Å²) in [4.78, 5) is 13.1. The van der Waals surface area contributed by atoms with Gasteiger partial charge in [0.25, 0.3) is 0 Å². The van der Waals surface area contributed by atoms with Crippen molar-refractivity contribution in [3.8, 4) is 0 Å². The van der Waals surface area contributed by atoms with Gasteiger partial charge in [-0.25, -0.2) is 9.18 Å². The molecule has 126 valence electrons. The molecule has 0 saturated heterocycles. The van der Waals surface area contributed by atoms with Crippen LogP contribution < -0.4 is 0 Å². The average molecular weight is 309 g/mol. The minimum Gasteiger partial charge on any atom is -0.444 e. The Hall–Kier alpha value is -0.920. The van der Waals surface area contributed by atoms with Crippen LogP contribution in [0.2, 0.25) is 0 Å². The van der Waals surface area contributed by atoms with Crippen molar-refractivity contribution in [1.82, 2.24) is 4.90 Å².